The van der Waals surface area contributed by atoms with Crippen molar-refractivity contribution in [2.24, 2.45) is 0 Å². The standard InChI is InChI=1S/C10H14O4S/c1-6(5-13-3)14-8-4-7(2)15-9(8)10(11)12/h4,6H,5H2,1-3H3,(H,11,12). The second-order valence-electron chi connectivity index (χ2n) is 3.24. The van der Waals surface area contributed by atoms with Crippen molar-refractivity contribution in [3.8, 4) is 5.75 Å². The molecule has 0 amide bonds. The molecule has 1 unspecified atom stereocenters. The minimum atomic E-state index is -0.951. The fourth-order valence-electron chi connectivity index (χ4n) is 1.21. The minimum absolute atomic E-state index is 0.151. The lowest BCUT2D eigenvalue weighted by atomic mass is 10.3. The minimum Gasteiger partial charge on any atom is -0.487 e. The molecule has 15 heavy (non-hydrogen) atoms. The highest BCUT2D eigenvalue weighted by Gasteiger charge is 2.17. The van der Waals surface area contributed by atoms with E-state index in [1.54, 1.807) is 13.2 Å². The molecule has 0 aromatic carbocycles. The second kappa shape index (κ2) is 5.14. The van der Waals surface area contributed by atoms with E-state index in [9.17, 15) is 4.79 Å². The van der Waals surface area contributed by atoms with Crippen LogP contribution in [0.5, 0.6) is 5.75 Å². The number of thiophene rings is 1. The van der Waals surface area contributed by atoms with Crippen molar-refractivity contribution < 1.29 is 19.4 Å². The van der Waals surface area contributed by atoms with Crippen LogP contribution in [0.4, 0.5) is 0 Å². The second-order valence-corrected chi connectivity index (χ2v) is 4.50. The summed E-state index contributed by atoms with van der Waals surface area (Å²) in [7, 11) is 1.58. The highest BCUT2D eigenvalue weighted by atomic mass is 32.1. The first-order valence-corrected chi connectivity index (χ1v) is 5.35. The van der Waals surface area contributed by atoms with Crippen molar-refractivity contribution in [1.29, 1.82) is 0 Å². The SMILES string of the molecule is COCC(C)Oc1cc(C)sc1C(=O)O. The van der Waals surface area contributed by atoms with Crippen LogP contribution in [0.3, 0.4) is 0 Å². The molecule has 1 N–H and O–H groups in total. The van der Waals surface area contributed by atoms with Crippen LogP contribution >= 0.6 is 11.3 Å². The number of aryl methyl sites for hydroxylation is 1. The molecule has 84 valence electrons. The smallest absolute Gasteiger partial charge is 0.349 e. The van der Waals surface area contributed by atoms with Gasteiger partial charge in [0.2, 0.25) is 0 Å². The Kier molecular flexibility index (Phi) is 4.11. The third-order valence-corrected chi connectivity index (χ3v) is 2.76. The van der Waals surface area contributed by atoms with Crippen LogP contribution < -0.4 is 4.74 Å². The number of rotatable bonds is 5. The van der Waals surface area contributed by atoms with Gasteiger partial charge in [0.15, 0.2) is 4.88 Å². The first-order valence-electron chi connectivity index (χ1n) is 4.54. The lowest BCUT2D eigenvalue weighted by molar-refractivity contribution is 0.0681. The topological polar surface area (TPSA) is 55.8 Å². The van der Waals surface area contributed by atoms with Gasteiger partial charge in [0.05, 0.1) is 6.61 Å². The van der Waals surface area contributed by atoms with Gasteiger partial charge in [0.25, 0.3) is 0 Å². The van der Waals surface area contributed by atoms with Gasteiger partial charge in [-0.3, -0.25) is 0 Å². The maximum Gasteiger partial charge on any atom is 0.349 e. The molecule has 0 aliphatic heterocycles. The van der Waals surface area contributed by atoms with E-state index < -0.39 is 5.97 Å². The molecule has 1 aromatic heterocycles. The number of hydrogen-bond acceptors (Lipinski definition) is 4. The zero-order valence-electron chi connectivity index (χ0n) is 8.94. The Morgan fingerprint density at radius 1 is 1.67 bits per heavy atom. The Balaban J connectivity index is 2.79. The summed E-state index contributed by atoms with van der Waals surface area (Å²) < 4.78 is 10.4. The van der Waals surface area contributed by atoms with Gasteiger partial charge in [-0.1, -0.05) is 0 Å². The van der Waals surface area contributed by atoms with Crippen molar-refractivity contribution in [3.63, 3.8) is 0 Å². The molecule has 4 nitrogen and oxygen atoms in total. The van der Waals surface area contributed by atoms with Crippen molar-refractivity contribution in [2.45, 2.75) is 20.0 Å². The van der Waals surface area contributed by atoms with Crippen molar-refractivity contribution in [2.75, 3.05) is 13.7 Å². The van der Waals surface area contributed by atoms with Gasteiger partial charge in [-0.2, -0.15) is 0 Å². The summed E-state index contributed by atoms with van der Waals surface area (Å²) in [5, 5.41) is 8.92. The highest BCUT2D eigenvalue weighted by molar-refractivity contribution is 7.14. The lowest BCUT2D eigenvalue weighted by Gasteiger charge is -2.12. The predicted molar refractivity (Wildman–Crippen MR) is 58.0 cm³/mol. The first kappa shape index (κ1) is 12.0. The summed E-state index contributed by atoms with van der Waals surface area (Å²) in [5.41, 5.74) is 0. The first-order chi connectivity index (χ1) is 7.04. The Hall–Kier alpha value is -1.07. The number of aromatic carboxylic acids is 1. The van der Waals surface area contributed by atoms with Crippen molar-refractivity contribution >= 4 is 17.3 Å². The van der Waals surface area contributed by atoms with Gasteiger partial charge >= 0.3 is 5.97 Å². The summed E-state index contributed by atoms with van der Waals surface area (Å²) in [6, 6.07) is 1.74. The van der Waals surface area contributed by atoms with Gasteiger partial charge < -0.3 is 14.6 Å². The van der Waals surface area contributed by atoms with E-state index in [1.165, 1.54) is 11.3 Å². The van der Waals surface area contributed by atoms with Crippen molar-refractivity contribution in [3.05, 3.63) is 15.8 Å². The summed E-state index contributed by atoms with van der Waals surface area (Å²) >= 11 is 1.22. The molecule has 1 rings (SSSR count). The van der Waals surface area contributed by atoms with E-state index in [2.05, 4.69) is 0 Å². The number of methoxy groups -OCH3 is 1. The maximum absolute atomic E-state index is 10.9. The van der Waals surface area contributed by atoms with Crippen LogP contribution in [0.15, 0.2) is 6.07 Å². The van der Waals surface area contributed by atoms with E-state index in [-0.39, 0.29) is 11.0 Å². The summed E-state index contributed by atoms with van der Waals surface area (Å²) in [4.78, 5) is 12.0. The van der Waals surface area contributed by atoms with Gasteiger partial charge in [-0.05, 0) is 19.9 Å². The lowest BCUT2D eigenvalue weighted by Crippen LogP contribution is -2.18. The van der Waals surface area contributed by atoms with E-state index >= 15 is 0 Å². The molecule has 1 aromatic rings. The molecule has 0 fully saturated rings. The molecular formula is C10H14O4S. The number of carboxylic acid groups (broad SMARTS) is 1. The van der Waals surface area contributed by atoms with E-state index in [0.29, 0.717) is 12.4 Å². The van der Waals surface area contributed by atoms with Crippen LogP contribution in [0.25, 0.3) is 0 Å². The number of carbonyl (C=O) groups is 1. The van der Waals surface area contributed by atoms with Crippen molar-refractivity contribution in [1.82, 2.24) is 0 Å². The third kappa shape index (κ3) is 3.21. The number of carboxylic acids is 1. The maximum atomic E-state index is 10.9. The number of hydrogen-bond donors (Lipinski definition) is 1. The average molecular weight is 230 g/mol. The molecule has 0 spiro atoms. The van der Waals surface area contributed by atoms with Crippen LogP contribution in [-0.2, 0) is 4.74 Å². The quantitative estimate of drug-likeness (QED) is 0.842. The van der Waals surface area contributed by atoms with Crippen LogP contribution in [0.2, 0.25) is 0 Å². The average Bonchev–Trinajstić information content (AvgIpc) is 2.47. The van der Waals surface area contributed by atoms with Crippen LogP contribution in [-0.4, -0.2) is 30.9 Å². The number of ether oxygens (including phenoxy) is 2. The van der Waals surface area contributed by atoms with Gasteiger partial charge in [0, 0.05) is 12.0 Å². The van der Waals surface area contributed by atoms with Crippen LogP contribution in [0, 0.1) is 6.92 Å². The molecule has 0 bridgehead atoms. The molecule has 5 heteroatoms. The van der Waals surface area contributed by atoms with E-state index in [0.717, 1.165) is 4.88 Å². The molecule has 0 saturated heterocycles. The molecular weight excluding hydrogens is 216 g/mol. The van der Waals surface area contributed by atoms with E-state index in [1.807, 2.05) is 13.8 Å². The monoisotopic (exact) mass is 230 g/mol. The van der Waals surface area contributed by atoms with Gasteiger partial charge in [0.1, 0.15) is 11.9 Å². The Morgan fingerprint density at radius 3 is 2.87 bits per heavy atom. The third-order valence-electron chi connectivity index (χ3n) is 1.74. The molecule has 1 atom stereocenters. The molecule has 0 aliphatic rings. The fourth-order valence-corrected chi connectivity index (χ4v) is 2.00. The summed E-state index contributed by atoms with van der Waals surface area (Å²) in [5.74, 6) is -0.526. The molecule has 1 heterocycles. The van der Waals surface area contributed by atoms with Gasteiger partial charge in [-0.25, -0.2) is 4.79 Å². The van der Waals surface area contributed by atoms with E-state index in [4.69, 9.17) is 14.6 Å². The molecule has 0 aliphatic carbocycles. The molecule has 0 saturated carbocycles. The largest absolute Gasteiger partial charge is 0.487 e. The van der Waals surface area contributed by atoms with Gasteiger partial charge in [-0.15, -0.1) is 11.3 Å². The Morgan fingerprint density at radius 2 is 2.33 bits per heavy atom. The molecule has 0 radical (unpaired) electrons. The predicted octanol–water partition coefficient (Wildman–Crippen LogP) is 2.17. The zero-order chi connectivity index (χ0) is 11.4. The Bertz CT molecular complexity index is 345. The zero-order valence-corrected chi connectivity index (χ0v) is 9.76. The van der Waals surface area contributed by atoms with Crippen LogP contribution in [0.1, 0.15) is 21.5 Å². The highest BCUT2D eigenvalue weighted by Crippen LogP contribution is 2.29. The summed E-state index contributed by atoms with van der Waals surface area (Å²) in [6.07, 6.45) is -0.151. The summed E-state index contributed by atoms with van der Waals surface area (Å²) in [6.45, 7) is 4.13. The fraction of sp³-hybridized carbons (Fsp3) is 0.500. The Labute approximate surface area is 92.4 Å². The normalized spacial score (nSPS) is 12.5.